The Balaban J connectivity index is 2.06. The van der Waals surface area contributed by atoms with Crippen molar-refractivity contribution in [2.45, 2.75) is 19.9 Å². The summed E-state index contributed by atoms with van der Waals surface area (Å²) in [6.07, 6.45) is 3.41. The average Bonchev–Trinajstić information content (AvgIpc) is 2.89. The summed E-state index contributed by atoms with van der Waals surface area (Å²) in [5.74, 6) is -0.196. The highest BCUT2D eigenvalue weighted by atomic mass is 32.1. The van der Waals surface area contributed by atoms with Crippen LogP contribution in [0.3, 0.4) is 0 Å². The molecule has 2 aromatic heterocycles. The zero-order chi connectivity index (χ0) is 13.8. The number of amides is 1. The van der Waals surface area contributed by atoms with E-state index < -0.39 is 0 Å². The molecular formula is C14H14N2O2S. The number of aromatic nitrogens is 1. The Kier molecular flexibility index (Phi) is 4.06. The molecule has 2 heterocycles. The highest BCUT2D eigenvalue weighted by Gasteiger charge is 2.14. The van der Waals surface area contributed by atoms with Gasteiger partial charge in [-0.15, -0.1) is 11.3 Å². The van der Waals surface area contributed by atoms with Gasteiger partial charge in [0.15, 0.2) is 5.78 Å². The third kappa shape index (κ3) is 3.26. The molecule has 1 unspecified atom stereocenters. The lowest BCUT2D eigenvalue weighted by atomic mass is 10.1. The number of nitrogens with one attached hydrogen (secondary N) is 1. The van der Waals surface area contributed by atoms with Gasteiger partial charge in [-0.3, -0.25) is 14.6 Å². The molecule has 0 fully saturated rings. The summed E-state index contributed by atoms with van der Waals surface area (Å²) < 4.78 is 0. The Bertz CT molecular complexity index is 593. The molecular weight excluding hydrogens is 260 g/mol. The lowest BCUT2D eigenvalue weighted by Gasteiger charge is -2.12. The summed E-state index contributed by atoms with van der Waals surface area (Å²) in [6.45, 7) is 3.39. The highest BCUT2D eigenvalue weighted by Crippen LogP contribution is 2.18. The summed E-state index contributed by atoms with van der Waals surface area (Å²) in [5.41, 5.74) is 0.944. The topological polar surface area (TPSA) is 59.1 Å². The quantitative estimate of drug-likeness (QED) is 0.872. The van der Waals surface area contributed by atoms with Gasteiger partial charge in [-0.05, 0) is 37.6 Å². The summed E-state index contributed by atoms with van der Waals surface area (Å²) in [4.78, 5) is 28.4. The van der Waals surface area contributed by atoms with Crippen LogP contribution in [0, 0.1) is 0 Å². The Hall–Kier alpha value is -2.01. The van der Waals surface area contributed by atoms with Gasteiger partial charge in [0.25, 0.3) is 5.91 Å². The molecule has 0 saturated carbocycles. The average molecular weight is 274 g/mol. The van der Waals surface area contributed by atoms with Crippen molar-refractivity contribution in [1.29, 1.82) is 0 Å². The van der Waals surface area contributed by atoms with Crippen molar-refractivity contribution in [1.82, 2.24) is 10.3 Å². The molecule has 2 rings (SSSR count). The number of Topliss-reactive ketones (excluding diaryl/α,β-unsaturated/α-hetero) is 1. The van der Waals surface area contributed by atoms with E-state index in [1.54, 1.807) is 24.5 Å². The first-order valence-electron chi connectivity index (χ1n) is 5.89. The molecule has 0 aliphatic rings. The Morgan fingerprint density at radius 1 is 1.26 bits per heavy atom. The number of rotatable bonds is 4. The second-order valence-electron chi connectivity index (χ2n) is 4.20. The fourth-order valence-corrected chi connectivity index (χ4v) is 2.44. The smallest absolute Gasteiger partial charge is 0.261 e. The number of pyridine rings is 1. The zero-order valence-electron chi connectivity index (χ0n) is 10.7. The van der Waals surface area contributed by atoms with Gasteiger partial charge in [0.05, 0.1) is 15.8 Å². The third-order valence-electron chi connectivity index (χ3n) is 2.71. The molecule has 2 aromatic rings. The Labute approximate surface area is 115 Å². The Morgan fingerprint density at radius 2 is 2.00 bits per heavy atom. The molecule has 0 aromatic carbocycles. The van der Waals surface area contributed by atoms with Gasteiger partial charge in [0.2, 0.25) is 0 Å². The molecule has 98 valence electrons. The largest absolute Gasteiger partial charge is 0.345 e. The van der Waals surface area contributed by atoms with Crippen LogP contribution in [0.1, 0.15) is 44.8 Å². The molecule has 1 atom stereocenters. The molecule has 5 heteroatoms. The normalized spacial score (nSPS) is 11.9. The summed E-state index contributed by atoms with van der Waals surface area (Å²) in [7, 11) is 0. The van der Waals surface area contributed by atoms with Gasteiger partial charge in [-0.25, -0.2) is 0 Å². The fraction of sp³-hybridized carbons (Fsp3) is 0.214. The van der Waals surface area contributed by atoms with Crippen LogP contribution in [0.25, 0.3) is 0 Å². The maximum absolute atomic E-state index is 12.0. The van der Waals surface area contributed by atoms with E-state index in [1.807, 2.05) is 19.1 Å². The Morgan fingerprint density at radius 3 is 2.58 bits per heavy atom. The van der Waals surface area contributed by atoms with Crippen molar-refractivity contribution in [3.8, 4) is 0 Å². The third-order valence-corrected chi connectivity index (χ3v) is 3.89. The van der Waals surface area contributed by atoms with Crippen LogP contribution in [0.5, 0.6) is 0 Å². The second-order valence-corrected chi connectivity index (χ2v) is 5.29. The monoisotopic (exact) mass is 274 g/mol. The zero-order valence-corrected chi connectivity index (χ0v) is 11.5. The van der Waals surface area contributed by atoms with Crippen LogP contribution in [0.4, 0.5) is 0 Å². The molecule has 1 amide bonds. The lowest BCUT2D eigenvalue weighted by Crippen LogP contribution is -2.25. The standard InChI is InChI=1S/C14H14N2O2S/c1-9(11-4-3-7-15-8-11)16-14(18)13-6-5-12(19-13)10(2)17/h3-9H,1-2H3,(H,16,18). The van der Waals surface area contributed by atoms with Crippen LogP contribution >= 0.6 is 11.3 Å². The maximum atomic E-state index is 12.0. The van der Waals surface area contributed by atoms with E-state index in [-0.39, 0.29) is 17.7 Å². The van der Waals surface area contributed by atoms with Crippen LogP contribution in [-0.4, -0.2) is 16.7 Å². The second kappa shape index (κ2) is 5.75. The molecule has 19 heavy (non-hydrogen) atoms. The lowest BCUT2D eigenvalue weighted by molar-refractivity contribution is 0.0943. The van der Waals surface area contributed by atoms with Crippen LogP contribution in [-0.2, 0) is 0 Å². The number of hydrogen-bond donors (Lipinski definition) is 1. The number of carbonyl (C=O) groups is 2. The molecule has 0 aliphatic carbocycles. The van der Waals surface area contributed by atoms with Gasteiger partial charge in [0.1, 0.15) is 0 Å². The predicted molar refractivity (Wildman–Crippen MR) is 74.4 cm³/mol. The van der Waals surface area contributed by atoms with Crippen molar-refractivity contribution < 1.29 is 9.59 Å². The number of nitrogens with zero attached hydrogens (tertiary/aromatic N) is 1. The minimum Gasteiger partial charge on any atom is -0.345 e. The van der Waals surface area contributed by atoms with E-state index in [4.69, 9.17) is 0 Å². The number of hydrogen-bond acceptors (Lipinski definition) is 4. The minimum atomic E-state index is -0.172. The van der Waals surface area contributed by atoms with Gasteiger partial charge in [-0.2, -0.15) is 0 Å². The first-order chi connectivity index (χ1) is 9.08. The van der Waals surface area contributed by atoms with Gasteiger partial charge >= 0.3 is 0 Å². The maximum Gasteiger partial charge on any atom is 0.261 e. The summed E-state index contributed by atoms with van der Waals surface area (Å²) in [6, 6.07) is 6.97. The van der Waals surface area contributed by atoms with Crippen molar-refractivity contribution in [3.05, 3.63) is 52.0 Å². The predicted octanol–water partition coefficient (Wildman–Crippen LogP) is 2.84. The number of thiophene rings is 1. The van der Waals surface area contributed by atoms with Gasteiger partial charge in [-0.1, -0.05) is 6.07 Å². The van der Waals surface area contributed by atoms with Gasteiger partial charge < -0.3 is 5.32 Å². The van der Waals surface area contributed by atoms with Crippen molar-refractivity contribution >= 4 is 23.0 Å². The van der Waals surface area contributed by atoms with Crippen molar-refractivity contribution in [2.24, 2.45) is 0 Å². The van der Waals surface area contributed by atoms with E-state index in [9.17, 15) is 9.59 Å². The molecule has 4 nitrogen and oxygen atoms in total. The van der Waals surface area contributed by atoms with Crippen molar-refractivity contribution in [3.63, 3.8) is 0 Å². The first kappa shape index (κ1) is 13.4. The fourth-order valence-electron chi connectivity index (χ4n) is 1.63. The van der Waals surface area contributed by atoms with Crippen molar-refractivity contribution in [2.75, 3.05) is 0 Å². The van der Waals surface area contributed by atoms with Crippen LogP contribution < -0.4 is 5.32 Å². The summed E-state index contributed by atoms with van der Waals surface area (Å²) >= 11 is 1.21. The van der Waals surface area contributed by atoms with Crippen LogP contribution in [0.2, 0.25) is 0 Å². The first-order valence-corrected chi connectivity index (χ1v) is 6.71. The van der Waals surface area contributed by atoms with E-state index >= 15 is 0 Å². The van der Waals surface area contributed by atoms with Gasteiger partial charge in [0, 0.05) is 12.4 Å². The molecule has 0 radical (unpaired) electrons. The molecule has 0 bridgehead atoms. The van der Waals surface area contributed by atoms with E-state index in [0.717, 1.165) is 5.56 Å². The molecule has 0 aliphatic heterocycles. The molecule has 1 N–H and O–H groups in total. The number of ketones is 1. The minimum absolute atomic E-state index is 0.0237. The highest BCUT2D eigenvalue weighted by molar-refractivity contribution is 7.15. The molecule has 0 spiro atoms. The number of carbonyl (C=O) groups excluding carboxylic acids is 2. The van der Waals surface area contributed by atoms with E-state index in [2.05, 4.69) is 10.3 Å². The van der Waals surface area contributed by atoms with E-state index in [0.29, 0.717) is 9.75 Å². The van der Waals surface area contributed by atoms with Crippen LogP contribution in [0.15, 0.2) is 36.7 Å². The SMILES string of the molecule is CC(=O)c1ccc(C(=O)NC(C)c2cccnc2)s1. The summed E-state index contributed by atoms with van der Waals surface area (Å²) in [5, 5.41) is 2.88. The molecule has 0 saturated heterocycles. The van der Waals surface area contributed by atoms with E-state index in [1.165, 1.54) is 18.3 Å².